The summed E-state index contributed by atoms with van der Waals surface area (Å²) in [5, 5.41) is 3.48. The van der Waals surface area contributed by atoms with Crippen molar-refractivity contribution in [3.8, 4) is 0 Å². The topological polar surface area (TPSA) is 12.0 Å². The molecule has 0 aromatic heterocycles. The molecule has 1 nitrogen and oxygen atoms in total. The molecule has 10 heavy (non-hydrogen) atoms. The first-order valence-electron chi connectivity index (χ1n) is 4.26. The van der Waals surface area contributed by atoms with Crippen molar-refractivity contribution in [1.82, 2.24) is 5.32 Å². The average Bonchev–Trinajstić information content (AvgIpc) is 2.39. The minimum Gasteiger partial charge on any atom is -0.388 e. The van der Waals surface area contributed by atoms with E-state index in [1.54, 1.807) is 11.3 Å². The van der Waals surface area contributed by atoms with Gasteiger partial charge in [-0.1, -0.05) is 13.8 Å². The summed E-state index contributed by atoms with van der Waals surface area (Å²) in [5.41, 5.74) is 3.29. The Bertz CT molecular complexity index is 163. The van der Waals surface area contributed by atoms with Crippen molar-refractivity contribution in [2.24, 2.45) is 11.8 Å². The summed E-state index contributed by atoms with van der Waals surface area (Å²) < 4.78 is 0. The normalized spacial score (nSPS) is 38.2. The van der Waals surface area contributed by atoms with Gasteiger partial charge in [-0.3, -0.25) is 0 Å². The van der Waals surface area contributed by atoms with Crippen molar-refractivity contribution >= 4 is 0 Å². The third kappa shape index (κ3) is 0.695. The molecule has 0 aromatic carbocycles. The van der Waals surface area contributed by atoms with Crippen LogP contribution in [0.4, 0.5) is 0 Å². The molecule has 2 aliphatic rings. The van der Waals surface area contributed by atoms with Crippen molar-refractivity contribution in [3.63, 3.8) is 0 Å². The molecule has 1 heterocycles. The van der Waals surface area contributed by atoms with Crippen LogP contribution >= 0.6 is 0 Å². The fraction of sp³-hybridized carbons (Fsp3) is 0.778. The summed E-state index contributed by atoms with van der Waals surface area (Å²) in [4.78, 5) is 0. The van der Waals surface area contributed by atoms with Gasteiger partial charge in [0.05, 0.1) is 0 Å². The fourth-order valence-corrected chi connectivity index (χ4v) is 2.37. The second-order valence-corrected chi connectivity index (χ2v) is 3.65. The van der Waals surface area contributed by atoms with Gasteiger partial charge in [-0.2, -0.15) is 0 Å². The molecular formula is C9H15N. The van der Waals surface area contributed by atoms with Crippen molar-refractivity contribution in [1.29, 1.82) is 0 Å². The maximum Gasteiger partial charge on any atom is 0.0182 e. The van der Waals surface area contributed by atoms with Crippen LogP contribution in [0, 0.1) is 11.8 Å². The SMILES string of the molecule is C[C@@H]1C[C@H](C)C2=C1NCC2. The van der Waals surface area contributed by atoms with Crippen molar-refractivity contribution in [2.45, 2.75) is 26.7 Å². The zero-order valence-electron chi connectivity index (χ0n) is 6.78. The summed E-state index contributed by atoms with van der Waals surface area (Å²) in [7, 11) is 0. The summed E-state index contributed by atoms with van der Waals surface area (Å²) in [6, 6.07) is 0. The summed E-state index contributed by atoms with van der Waals surface area (Å²) >= 11 is 0. The lowest BCUT2D eigenvalue weighted by Crippen LogP contribution is -2.12. The van der Waals surface area contributed by atoms with Crippen LogP contribution in [0.5, 0.6) is 0 Å². The summed E-state index contributed by atoms with van der Waals surface area (Å²) in [6.45, 7) is 5.88. The van der Waals surface area contributed by atoms with E-state index in [1.807, 2.05) is 0 Å². The molecular weight excluding hydrogens is 122 g/mol. The Hall–Kier alpha value is -0.460. The highest BCUT2D eigenvalue weighted by atomic mass is 14.9. The smallest absolute Gasteiger partial charge is 0.0182 e. The number of rotatable bonds is 0. The van der Waals surface area contributed by atoms with E-state index >= 15 is 0 Å². The van der Waals surface area contributed by atoms with Gasteiger partial charge in [-0.25, -0.2) is 0 Å². The molecule has 0 saturated heterocycles. The van der Waals surface area contributed by atoms with Gasteiger partial charge in [0.25, 0.3) is 0 Å². The van der Waals surface area contributed by atoms with Crippen LogP contribution in [0.15, 0.2) is 11.3 Å². The molecule has 1 N–H and O–H groups in total. The van der Waals surface area contributed by atoms with Gasteiger partial charge in [-0.15, -0.1) is 0 Å². The number of hydrogen-bond acceptors (Lipinski definition) is 1. The molecule has 1 aliphatic heterocycles. The highest BCUT2D eigenvalue weighted by Crippen LogP contribution is 2.39. The van der Waals surface area contributed by atoms with E-state index in [1.165, 1.54) is 19.4 Å². The van der Waals surface area contributed by atoms with Crippen LogP contribution in [0.3, 0.4) is 0 Å². The first-order chi connectivity index (χ1) is 4.79. The van der Waals surface area contributed by atoms with Crippen LogP contribution in [-0.2, 0) is 0 Å². The number of nitrogens with one attached hydrogen (secondary N) is 1. The Morgan fingerprint density at radius 2 is 2.10 bits per heavy atom. The lowest BCUT2D eigenvalue weighted by Gasteiger charge is -2.08. The van der Waals surface area contributed by atoms with E-state index < -0.39 is 0 Å². The van der Waals surface area contributed by atoms with Gasteiger partial charge in [0.2, 0.25) is 0 Å². The lowest BCUT2D eigenvalue weighted by atomic mass is 10.0. The molecule has 0 amide bonds. The quantitative estimate of drug-likeness (QED) is 0.537. The number of hydrogen-bond donors (Lipinski definition) is 1. The highest BCUT2D eigenvalue weighted by Gasteiger charge is 2.30. The first-order valence-corrected chi connectivity index (χ1v) is 4.26. The maximum absolute atomic E-state index is 3.48. The molecule has 0 radical (unpaired) electrons. The first kappa shape index (κ1) is 6.26. The van der Waals surface area contributed by atoms with E-state index in [0.29, 0.717) is 0 Å². The van der Waals surface area contributed by atoms with Crippen molar-refractivity contribution in [2.75, 3.05) is 6.54 Å². The van der Waals surface area contributed by atoms with E-state index in [-0.39, 0.29) is 0 Å². The standard InChI is InChI=1S/C9H15N/c1-6-5-7(2)9-8(6)3-4-10-9/h6-7,10H,3-5H2,1-2H3/t6-,7+/m0/s1. The fourth-order valence-electron chi connectivity index (χ4n) is 2.37. The van der Waals surface area contributed by atoms with Crippen LogP contribution in [0.2, 0.25) is 0 Å². The Morgan fingerprint density at radius 1 is 1.30 bits per heavy atom. The molecule has 0 saturated carbocycles. The molecule has 0 fully saturated rings. The van der Waals surface area contributed by atoms with E-state index in [4.69, 9.17) is 0 Å². The van der Waals surface area contributed by atoms with Gasteiger partial charge < -0.3 is 5.32 Å². The van der Waals surface area contributed by atoms with Gasteiger partial charge in [0, 0.05) is 12.2 Å². The second-order valence-electron chi connectivity index (χ2n) is 3.65. The van der Waals surface area contributed by atoms with Gasteiger partial charge >= 0.3 is 0 Å². The highest BCUT2D eigenvalue weighted by molar-refractivity contribution is 5.27. The molecule has 0 spiro atoms. The van der Waals surface area contributed by atoms with Crippen molar-refractivity contribution in [3.05, 3.63) is 11.3 Å². The average molecular weight is 137 g/mol. The Morgan fingerprint density at radius 3 is 2.80 bits per heavy atom. The van der Waals surface area contributed by atoms with Gasteiger partial charge in [0.15, 0.2) is 0 Å². The third-order valence-electron chi connectivity index (χ3n) is 2.85. The maximum atomic E-state index is 3.48. The molecule has 2 atom stereocenters. The lowest BCUT2D eigenvalue weighted by molar-refractivity contribution is 0.527. The molecule has 0 aromatic rings. The van der Waals surface area contributed by atoms with Crippen LogP contribution < -0.4 is 5.32 Å². The Labute approximate surface area is 62.5 Å². The third-order valence-corrected chi connectivity index (χ3v) is 2.85. The van der Waals surface area contributed by atoms with E-state index in [0.717, 1.165) is 11.8 Å². The molecule has 0 bridgehead atoms. The molecule has 0 unspecified atom stereocenters. The summed E-state index contributed by atoms with van der Waals surface area (Å²) in [5.74, 6) is 1.67. The zero-order valence-corrected chi connectivity index (χ0v) is 6.78. The molecule has 1 aliphatic carbocycles. The second kappa shape index (κ2) is 2.01. The van der Waals surface area contributed by atoms with Crippen molar-refractivity contribution < 1.29 is 0 Å². The minimum atomic E-state index is 0.812. The van der Waals surface area contributed by atoms with Gasteiger partial charge in [-0.05, 0) is 30.3 Å². The van der Waals surface area contributed by atoms with Crippen LogP contribution in [-0.4, -0.2) is 6.54 Å². The monoisotopic (exact) mass is 137 g/mol. The zero-order chi connectivity index (χ0) is 7.14. The minimum absolute atomic E-state index is 0.812. The Balaban J connectivity index is 2.27. The largest absolute Gasteiger partial charge is 0.388 e. The van der Waals surface area contributed by atoms with Gasteiger partial charge in [0.1, 0.15) is 0 Å². The molecule has 56 valence electrons. The molecule has 2 rings (SSSR count). The predicted octanol–water partition coefficient (Wildman–Crippen LogP) is 1.91. The summed E-state index contributed by atoms with van der Waals surface area (Å²) in [6.07, 6.45) is 2.68. The van der Waals surface area contributed by atoms with E-state index in [9.17, 15) is 0 Å². The predicted molar refractivity (Wildman–Crippen MR) is 42.6 cm³/mol. The number of allylic oxidation sites excluding steroid dienone is 1. The Kier molecular flexibility index (Phi) is 1.26. The molecule has 1 heteroatoms. The van der Waals surface area contributed by atoms with Crippen LogP contribution in [0.25, 0.3) is 0 Å². The van der Waals surface area contributed by atoms with Crippen LogP contribution in [0.1, 0.15) is 26.7 Å². The van der Waals surface area contributed by atoms with E-state index in [2.05, 4.69) is 19.2 Å².